The SMILES string of the molecule is CC(CNC1CC1)CN(CCO)C1CCCC1. The highest BCUT2D eigenvalue weighted by Gasteiger charge is 2.25. The lowest BCUT2D eigenvalue weighted by molar-refractivity contribution is 0.134. The number of rotatable bonds is 8. The third kappa shape index (κ3) is 4.57. The number of nitrogens with one attached hydrogen (secondary N) is 1. The predicted molar refractivity (Wildman–Crippen MR) is 71.1 cm³/mol. The monoisotopic (exact) mass is 240 g/mol. The Morgan fingerprint density at radius 1 is 1.24 bits per heavy atom. The van der Waals surface area contributed by atoms with E-state index in [-0.39, 0.29) is 0 Å². The summed E-state index contributed by atoms with van der Waals surface area (Å²) in [7, 11) is 0. The Balaban J connectivity index is 1.70. The van der Waals surface area contributed by atoms with Crippen LogP contribution in [0.3, 0.4) is 0 Å². The smallest absolute Gasteiger partial charge is 0.0558 e. The van der Waals surface area contributed by atoms with Crippen LogP contribution in [-0.4, -0.2) is 48.3 Å². The molecular formula is C14H28N2O. The van der Waals surface area contributed by atoms with Crippen LogP contribution in [0.2, 0.25) is 0 Å². The van der Waals surface area contributed by atoms with Crippen LogP contribution in [0.4, 0.5) is 0 Å². The minimum absolute atomic E-state index is 0.305. The summed E-state index contributed by atoms with van der Waals surface area (Å²) in [5.41, 5.74) is 0. The zero-order valence-corrected chi connectivity index (χ0v) is 11.2. The van der Waals surface area contributed by atoms with E-state index >= 15 is 0 Å². The van der Waals surface area contributed by atoms with Crippen LogP contribution in [0, 0.1) is 5.92 Å². The van der Waals surface area contributed by atoms with E-state index in [1.54, 1.807) is 0 Å². The second kappa shape index (κ2) is 6.72. The van der Waals surface area contributed by atoms with Gasteiger partial charge in [-0.3, -0.25) is 4.90 Å². The first-order valence-electron chi connectivity index (χ1n) is 7.38. The molecule has 1 atom stereocenters. The van der Waals surface area contributed by atoms with Gasteiger partial charge in [0.05, 0.1) is 6.61 Å². The molecule has 2 aliphatic carbocycles. The number of aliphatic hydroxyl groups excluding tert-OH is 1. The van der Waals surface area contributed by atoms with Crippen LogP contribution in [0.1, 0.15) is 45.4 Å². The maximum Gasteiger partial charge on any atom is 0.0558 e. The number of hydrogen-bond donors (Lipinski definition) is 2. The van der Waals surface area contributed by atoms with Crippen molar-refractivity contribution in [3.8, 4) is 0 Å². The molecule has 0 aromatic rings. The molecule has 2 saturated carbocycles. The van der Waals surface area contributed by atoms with E-state index in [1.165, 1.54) is 38.5 Å². The van der Waals surface area contributed by atoms with Gasteiger partial charge in [-0.25, -0.2) is 0 Å². The molecule has 2 aliphatic rings. The quantitative estimate of drug-likeness (QED) is 0.676. The number of aliphatic hydroxyl groups is 1. The van der Waals surface area contributed by atoms with Gasteiger partial charge in [-0.2, -0.15) is 0 Å². The molecule has 3 nitrogen and oxygen atoms in total. The van der Waals surface area contributed by atoms with E-state index in [0.717, 1.165) is 31.7 Å². The van der Waals surface area contributed by atoms with Crippen molar-refractivity contribution in [2.45, 2.75) is 57.5 Å². The highest BCUT2D eigenvalue weighted by Crippen LogP contribution is 2.24. The summed E-state index contributed by atoms with van der Waals surface area (Å²) in [6.45, 7) is 5.77. The maximum atomic E-state index is 9.18. The van der Waals surface area contributed by atoms with Crippen molar-refractivity contribution in [2.24, 2.45) is 5.92 Å². The van der Waals surface area contributed by atoms with E-state index in [0.29, 0.717) is 12.5 Å². The Morgan fingerprint density at radius 2 is 1.94 bits per heavy atom. The average molecular weight is 240 g/mol. The molecule has 3 heteroatoms. The summed E-state index contributed by atoms with van der Waals surface area (Å²) in [5.74, 6) is 0.697. The fourth-order valence-corrected chi connectivity index (χ4v) is 2.94. The third-order valence-electron chi connectivity index (χ3n) is 4.11. The molecule has 0 heterocycles. The van der Waals surface area contributed by atoms with Gasteiger partial charge in [-0.15, -0.1) is 0 Å². The minimum atomic E-state index is 0.305. The minimum Gasteiger partial charge on any atom is -0.395 e. The summed E-state index contributed by atoms with van der Waals surface area (Å²) in [4.78, 5) is 2.52. The number of hydrogen-bond acceptors (Lipinski definition) is 3. The topological polar surface area (TPSA) is 35.5 Å². The summed E-state index contributed by atoms with van der Waals surface area (Å²) in [6, 6.07) is 1.56. The van der Waals surface area contributed by atoms with Crippen LogP contribution >= 0.6 is 0 Å². The fourth-order valence-electron chi connectivity index (χ4n) is 2.94. The highest BCUT2D eigenvalue weighted by atomic mass is 16.3. The van der Waals surface area contributed by atoms with Crippen LogP contribution in [0.15, 0.2) is 0 Å². The van der Waals surface area contributed by atoms with Gasteiger partial charge in [-0.05, 0) is 38.1 Å². The molecule has 0 amide bonds. The van der Waals surface area contributed by atoms with Gasteiger partial charge in [0.25, 0.3) is 0 Å². The molecule has 0 aromatic carbocycles. The normalized spacial score (nSPS) is 23.5. The van der Waals surface area contributed by atoms with E-state index in [9.17, 15) is 5.11 Å². The van der Waals surface area contributed by atoms with Gasteiger partial charge in [0.1, 0.15) is 0 Å². The van der Waals surface area contributed by atoms with Gasteiger partial charge in [0.15, 0.2) is 0 Å². The average Bonchev–Trinajstić information content (AvgIpc) is 2.99. The molecule has 100 valence electrons. The zero-order valence-electron chi connectivity index (χ0n) is 11.2. The molecule has 1 unspecified atom stereocenters. The van der Waals surface area contributed by atoms with Gasteiger partial charge in [0.2, 0.25) is 0 Å². The summed E-state index contributed by atoms with van der Waals surface area (Å²) in [5, 5.41) is 12.8. The van der Waals surface area contributed by atoms with E-state index in [1.807, 2.05) is 0 Å². The van der Waals surface area contributed by atoms with Crippen LogP contribution in [0.5, 0.6) is 0 Å². The molecule has 0 spiro atoms. The lowest BCUT2D eigenvalue weighted by Gasteiger charge is -2.30. The fraction of sp³-hybridized carbons (Fsp3) is 1.00. The molecule has 0 bridgehead atoms. The second-order valence-electron chi connectivity index (χ2n) is 5.94. The molecular weight excluding hydrogens is 212 g/mol. The van der Waals surface area contributed by atoms with Crippen molar-refractivity contribution >= 4 is 0 Å². The second-order valence-corrected chi connectivity index (χ2v) is 5.94. The Bertz CT molecular complexity index is 212. The molecule has 2 fully saturated rings. The van der Waals surface area contributed by atoms with Crippen molar-refractivity contribution in [1.82, 2.24) is 10.2 Å². The Kier molecular flexibility index (Phi) is 5.26. The predicted octanol–water partition coefficient (Wildman–Crippen LogP) is 1.61. The highest BCUT2D eigenvalue weighted by molar-refractivity contribution is 4.83. The molecule has 17 heavy (non-hydrogen) atoms. The summed E-state index contributed by atoms with van der Waals surface area (Å²) >= 11 is 0. The molecule has 0 saturated heterocycles. The Hall–Kier alpha value is -0.120. The summed E-state index contributed by atoms with van der Waals surface area (Å²) in [6.07, 6.45) is 8.17. The first kappa shape index (κ1) is 13.3. The molecule has 0 radical (unpaired) electrons. The van der Waals surface area contributed by atoms with Gasteiger partial charge in [0, 0.05) is 25.2 Å². The largest absolute Gasteiger partial charge is 0.395 e. The van der Waals surface area contributed by atoms with Crippen molar-refractivity contribution in [2.75, 3.05) is 26.2 Å². The molecule has 2 N–H and O–H groups in total. The van der Waals surface area contributed by atoms with Gasteiger partial charge >= 0.3 is 0 Å². The maximum absolute atomic E-state index is 9.18. The Morgan fingerprint density at radius 3 is 2.53 bits per heavy atom. The zero-order chi connectivity index (χ0) is 12.1. The lowest BCUT2D eigenvalue weighted by atomic mass is 10.1. The standard InChI is InChI=1S/C14H28N2O/c1-12(10-15-13-6-7-13)11-16(8-9-17)14-4-2-3-5-14/h12-15,17H,2-11H2,1H3. The molecule has 0 aliphatic heterocycles. The van der Waals surface area contributed by atoms with E-state index in [2.05, 4.69) is 17.1 Å². The van der Waals surface area contributed by atoms with Gasteiger partial charge in [-0.1, -0.05) is 19.8 Å². The van der Waals surface area contributed by atoms with Crippen LogP contribution < -0.4 is 5.32 Å². The van der Waals surface area contributed by atoms with Crippen LogP contribution in [-0.2, 0) is 0 Å². The van der Waals surface area contributed by atoms with Crippen molar-refractivity contribution < 1.29 is 5.11 Å². The number of nitrogens with zero attached hydrogens (tertiary/aromatic N) is 1. The molecule has 2 rings (SSSR count). The first-order chi connectivity index (χ1) is 8.29. The summed E-state index contributed by atoms with van der Waals surface area (Å²) < 4.78 is 0. The van der Waals surface area contributed by atoms with Crippen LogP contribution in [0.25, 0.3) is 0 Å². The van der Waals surface area contributed by atoms with Gasteiger partial charge < -0.3 is 10.4 Å². The van der Waals surface area contributed by atoms with Crippen molar-refractivity contribution in [1.29, 1.82) is 0 Å². The first-order valence-corrected chi connectivity index (χ1v) is 7.38. The van der Waals surface area contributed by atoms with E-state index in [4.69, 9.17) is 0 Å². The van der Waals surface area contributed by atoms with E-state index < -0.39 is 0 Å². The molecule has 0 aromatic heterocycles. The third-order valence-corrected chi connectivity index (χ3v) is 4.11. The van der Waals surface area contributed by atoms with Crippen molar-refractivity contribution in [3.05, 3.63) is 0 Å². The lowest BCUT2D eigenvalue weighted by Crippen LogP contribution is -2.41. The van der Waals surface area contributed by atoms with Crippen molar-refractivity contribution in [3.63, 3.8) is 0 Å². The Labute approximate surface area is 106 Å².